The quantitative estimate of drug-likeness (QED) is 0.181. The molecule has 2 nitrogen and oxygen atoms in total. The van der Waals surface area contributed by atoms with Gasteiger partial charge in [0.05, 0.1) is 0 Å². The van der Waals surface area contributed by atoms with Crippen LogP contribution in [0.3, 0.4) is 0 Å². The monoisotopic (exact) mass is 581 g/mol. The molecule has 0 spiro atoms. The second-order valence-electron chi connectivity index (χ2n) is 14.2. The Morgan fingerprint density at radius 1 is 0.455 bits per heavy atom. The summed E-state index contributed by atoms with van der Waals surface area (Å²) < 4.78 is 0. The van der Waals surface area contributed by atoms with Crippen molar-refractivity contribution < 1.29 is 5.11 Å². The van der Waals surface area contributed by atoms with Gasteiger partial charge in [0.15, 0.2) is 0 Å². The van der Waals surface area contributed by atoms with Crippen LogP contribution in [0.4, 0.5) is 5.69 Å². The van der Waals surface area contributed by atoms with E-state index in [9.17, 15) is 5.11 Å². The van der Waals surface area contributed by atoms with Gasteiger partial charge in [-0.1, -0.05) is 133 Å². The van der Waals surface area contributed by atoms with Crippen LogP contribution >= 0.6 is 0 Å². The average molecular weight is 582 g/mol. The summed E-state index contributed by atoms with van der Waals surface area (Å²) in [6.07, 6.45) is 2.83. The number of phenols is 1. The van der Waals surface area contributed by atoms with Gasteiger partial charge >= 0.3 is 0 Å². The fourth-order valence-electron chi connectivity index (χ4n) is 5.74. The Morgan fingerprint density at radius 2 is 0.795 bits per heavy atom. The third-order valence-corrected chi connectivity index (χ3v) is 8.35. The third kappa shape index (κ3) is 8.20. The molecule has 2 heteroatoms. The van der Waals surface area contributed by atoms with Gasteiger partial charge in [-0.3, -0.25) is 0 Å². The molecule has 0 fully saturated rings. The molecule has 0 aliphatic rings. The Morgan fingerprint density at radius 3 is 1.16 bits per heavy atom. The van der Waals surface area contributed by atoms with Gasteiger partial charge in [0.25, 0.3) is 0 Å². The molecule has 0 atom stereocenters. The maximum Gasteiger partial charge on any atom is 0.123 e. The van der Waals surface area contributed by atoms with Crippen molar-refractivity contribution in [2.24, 2.45) is 0 Å². The van der Waals surface area contributed by atoms with Crippen LogP contribution in [0.15, 0.2) is 115 Å². The summed E-state index contributed by atoms with van der Waals surface area (Å²) in [5, 5.41) is 14.6. The van der Waals surface area contributed by atoms with Gasteiger partial charge in [-0.05, 0) is 104 Å². The highest BCUT2D eigenvalue weighted by Crippen LogP contribution is 2.40. The molecule has 5 aromatic carbocycles. The van der Waals surface area contributed by atoms with Crippen molar-refractivity contribution in [1.29, 1.82) is 0 Å². The number of nitrogens with one attached hydrogen (secondary N) is 1. The van der Waals surface area contributed by atoms with E-state index >= 15 is 0 Å². The number of rotatable bonds is 9. The average Bonchev–Trinajstić information content (AvgIpc) is 2.99. The fourth-order valence-corrected chi connectivity index (χ4v) is 5.74. The smallest absolute Gasteiger partial charge is 0.123 e. The highest BCUT2D eigenvalue weighted by Gasteiger charge is 2.26. The molecule has 0 unspecified atom stereocenters. The predicted molar refractivity (Wildman–Crippen MR) is 187 cm³/mol. The lowest BCUT2D eigenvalue weighted by Crippen LogP contribution is -2.18. The lowest BCUT2D eigenvalue weighted by Gasteiger charge is -2.28. The Bertz CT molecular complexity index is 1620. The van der Waals surface area contributed by atoms with Crippen molar-refractivity contribution in [2.45, 2.75) is 78.2 Å². The molecule has 0 aromatic heterocycles. The molecule has 5 aromatic rings. The van der Waals surface area contributed by atoms with E-state index in [4.69, 9.17) is 0 Å². The van der Waals surface area contributed by atoms with Crippen molar-refractivity contribution in [2.75, 3.05) is 5.32 Å². The molecule has 0 heterocycles. The molecule has 0 saturated carbocycles. The van der Waals surface area contributed by atoms with E-state index in [0.717, 1.165) is 36.1 Å². The van der Waals surface area contributed by atoms with E-state index in [1.54, 1.807) is 0 Å². The number of hydrogen-bond acceptors (Lipinski definition) is 2. The van der Waals surface area contributed by atoms with Crippen molar-refractivity contribution in [3.63, 3.8) is 0 Å². The van der Waals surface area contributed by atoms with Gasteiger partial charge in [0.1, 0.15) is 5.75 Å². The molecule has 0 saturated heterocycles. The largest absolute Gasteiger partial charge is 0.507 e. The topological polar surface area (TPSA) is 32.3 Å². The molecule has 44 heavy (non-hydrogen) atoms. The predicted octanol–water partition coefficient (Wildman–Crippen LogP) is 10.4. The molecule has 0 bridgehead atoms. The third-order valence-electron chi connectivity index (χ3n) is 8.35. The maximum atomic E-state index is 11.0. The zero-order chi connectivity index (χ0) is 31.3. The molecule has 0 aliphatic carbocycles. The van der Waals surface area contributed by atoms with Crippen LogP contribution in [-0.2, 0) is 36.6 Å². The van der Waals surface area contributed by atoms with E-state index in [1.165, 1.54) is 38.9 Å². The Balaban J connectivity index is 1.16. The lowest BCUT2D eigenvalue weighted by molar-refractivity contribution is 0.423. The van der Waals surface area contributed by atoms with E-state index in [-0.39, 0.29) is 10.8 Å². The van der Waals surface area contributed by atoms with Gasteiger partial charge in [0, 0.05) is 12.2 Å². The van der Waals surface area contributed by atoms with E-state index in [0.29, 0.717) is 12.3 Å². The summed E-state index contributed by atoms with van der Waals surface area (Å²) in [6, 6.07) is 41.8. The van der Waals surface area contributed by atoms with Gasteiger partial charge in [-0.25, -0.2) is 0 Å². The maximum absolute atomic E-state index is 11.0. The van der Waals surface area contributed by atoms with Crippen LogP contribution in [0.25, 0.3) is 0 Å². The number of benzene rings is 5. The summed E-state index contributed by atoms with van der Waals surface area (Å²) in [7, 11) is 0. The minimum Gasteiger partial charge on any atom is -0.507 e. The fraction of sp³-hybridized carbons (Fsp3) is 0.286. The van der Waals surface area contributed by atoms with E-state index < -0.39 is 0 Å². The second-order valence-corrected chi connectivity index (χ2v) is 14.2. The van der Waals surface area contributed by atoms with Crippen LogP contribution in [0.1, 0.15) is 91.6 Å². The number of aromatic hydroxyl groups is 1. The zero-order valence-corrected chi connectivity index (χ0v) is 27.2. The van der Waals surface area contributed by atoms with Crippen LogP contribution in [0.2, 0.25) is 0 Å². The minimum absolute atomic E-state index is 0.131. The van der Waals surface area contributed by atoms with Crippen molar-refractivity contribution in [3.05, 3.63) is 165 Å². The van der Waals surface area contributed by atoms with E-state index in [1.807, 2.05) is 0 Å². The Hall–Kier alpha value is -4.30. The summed E-state index contributed by atoms with van der Waals surface area (Å²) >= 11 is 0. The van der Waals surface area contributed by atoms with Crippen LogP contribution in [-0.4, -0.2) is 5.11 Å². The molecule has 5 rings (SSSR count). The summed E-state index contributed by atoms with van der Waals surface area (Å²) in [4.78, 5) is 0. The zero-order valence-electron chi connectivity index (χ0n) is 27.2. The molecule has 0 amide bonds. The van der Waals surface area contributed by atoms with Crippen molar-refractivity contribution >= 4 is 5.69 Å². The summed E-state index contributed by atoms with van der Waals surface area (Å²) in [6.45, 7) is 13.6. The van der Waals surface area contributed by atoms with Crippen LogP contribution in [0, 0.1) is 0 Å². The number of anilines is 1. The molecular weight excluding hydrogens is 534 g/mol. The minimum atomic E-state index is -0.131. The normalized spacial score (nSPS) is 11.9. The number of phenolic OH excluding ortho intramolecular Hbond substituents is 1. The Kier molecular flexibility index (Phi) is 9.30. The molecule has 2 N–H and O–H groups in total. The van der Waals surface area contributed by atoms with Crippen molar-refractivity contribution in [3.8, 4) is 5.75 Å². The highest BCUT2D eigenvalue weighted by molar-refractivity contribution is 5.52. The van der Waals surface area contributed by atoms with Gasteiger partial charge < -0.3 is 10.4 Å². The van der Waals surface area contributed by atoms with Gasteiger partial charge in [-0.2, -0.15) is 0 Å². The Labute approximate surface area is 264 Å². The molecule has 0 radical (unpaired) electrons. The van der Waals surface area contributed by atoms with Gasteiger partial charge in [-0.15, -0.1) is 0 Å². The summed E-state index contributed by atoms with van der Waals surface area (Å²) in [5.74, 6) is 0.430. The first-order valence-corrected chi connectivity index (χ1v) is 15.8. The van der Waals surface area contributed by atoms with Crippen molar-refractivity contribution in [1.82, 2.24) is 0 Å². The molecule has 226 valence electrons. The van der Waals surface area contributed by atoms with Gasteiger partial charge in [0.2, 0.25) is 0 Å². The van der Waals surface area contributed by atoms with Crippen LogP contribution < -0.4 is 5.32 Å². The van der Waals surface area contributed by atoms with E-state index in [2.05, 4.69) is 162 Å². The first kappa shape index (κ1) is 31.1. The SMILES string of the molecule is CC(C)(C)c1cc(CNc2ccc(Cc3ccc(Cc4ccc(Cc5ccccc5)cc4)cc3)cc2)cc(C(C)(C)C)c1O. The second kappa shape index (κ2) is 13.1. The standard InChI is InChI=1S/C42H47NO/c1-41(2,3)38-27-36(28-39(40(38)44)42(4,5)6)29-43-37-22-20-35(21-23-37)26-34-18-16-33(17-19-34)25-32-14-12-31(13-15-32)24-30-10-8-7-9-11-30/h7-23,27-28,43-44H,24-26,29H2,1-6H3. The molecular formula is C42H47NO. The van der Waals surface area contributed by atoms with Crippen LogP contribution in [0.5, 0.6) is 5.75 Å². The molecule has 0 aliphatic heterocycles. The lowest BCUT2D eigenvalue weighted by atomic mass is 9.78. The first-order valence-electron chi connectivity index (χ1n) is 15.8. The number of hydrogen-bond donors (Lipinski definition) is 2. The highest BCUT2D eigenvalue weighted by atomic mass is 16.3. The summed E-state index contributed by atoms with van der Waals surface area (Å²) in [5.41, 5.74) is 12.0. The first-order chi connectivity index (χ1) is 20.9.